The van der Waals surface area contributed by atoms with Gasteiger partial charge in [-0.25, -0.2) is 4.68 Å². The Labute approximate surface area is 158 Å². The molecule has 3 heterocycles. The first-order chi connectivity index (χ1) is 12.8. The second-order valence-electron chi connectivity index (χ2n) is 6.56. The van der Waals surface area contributed by atoms with E-state index in [4.69, 9.17) is 0 Å². The highest BCUT2D eigenvalue weighted by molar-refractivity contribution is 7.09. The van der Waals surface area contributed by atoms with Crippen molar-refractivity contribution < 1.29 is 0 Å². The van der Waals surface area contributed by atoms with Gasteiger partial charge < -0.3 is 4.90 Å². The lowest BCUT2D eigenvalue weighted by molar-refractivity contribution is 0.170. The molecule has 26 heavy (non-hydrogen) atoms. The van der Waals surface area contributed by atoms with Crippen molar-refractivity contribution in [2.45, 2.75) is 25.9 Å². The lowest BCUT2D eigenvalue weighted by Gasteiger charge is -2.39. The Morgan fingerprint density at radius 3 is 2.54 bits per heavy atom. The zero-order valence-corrected chi connectivity index (χ0v) is 15.8. The van der Waals surface area contributed by atoms with Gasteiger partial charge in [-0.2, -0.15) is 0 Å². The molecule has 0 radical (unpaired) electrons. The number of benzene rings is 1. The van der Waals surface area contributed by atoms with E-state index in [2.05, 4.69) is 80.1 Å². The van der Waals surface area contributed by atoms with Crippen LogP contribution in [0.2, 0.25) is 0 Å². The van der Waals surface area contributed by atoms with Gasteiger partial charge in [-0.3, -0.25) is 4.90 Å². The first-order valence-corrected chi connectivity index (χ1v) is 10.1. The zero-order valence-electron chi connectivity index (χ0n) is 15.0. The fraction of sp³-hybridized carbons (Fsp3) is 0.421. The van der Waals surface area contributed by atoms with Gasteiger partial charge >= 0.3 is 0 Å². The molecular weight excluding hydrogens is 344 g/mol. The summed E-state index contributed by atoms with van der Waals surface area (Å²) >= 11 is 1.75. The van der Waals surface area contributed by atoms with E-state index >= 15 is 0 Å². The summed E-state index contributed by atoms with van der Waals surface area (Å²) in [6.07, 6.45) is 1.01. The van der Waals surface area contributed by atoms with Crippen LogP contribution in [0.3, 0.4) is 0 Å². The summed E-state index contributed by atoms with van der Waals surface area (Å²) in [4.78, 5) is 6.26. The summed E-state index contributed by atoms with van der Waals surface area (Å²) in [5.74, 6) is 0.981. The van der Waals surface area contributed by atoms with Crippen molar-refractivity contribution >= 4 is 17.0 Å². The molecule has 1 saturated heterocycles. The molecule has 1 aromatic carbocycles. The Bertz CT molecular complexity index is 793. The molecule has 1 aliphatic rings. The minimum absolute atomic E-state index is 0.267. The molecule has 2 aromatic heterocycles. The molecule has 0 amide bonds. The van der Waals surface area contributed by atoms with Gasteiger partial charge in [-0.05, 0) is 40.4 Å². The maximum atomic E-state index is 4.37. The molecule has 0 spiro atoms. The van der Waals surface area contributed by atoms with Gasteiger partial charge in [0.05, 0.1) is 12.6 Å². The molecule has 3 aromatic rings. The highest BCUT2D eigenvalue weighted by atomic mass is 32.1. The molecule has 1 fully saturated rings. The second kappa shape index (κ2) is 7.97. The van der Waals surface area contributed by atoms with Crippen molar-refractivity contribution in [1.29, 1.82) is 0 Å². The number of nitrogens with zero attached hydrogens (tertiary/aromatic N) is 6. The fourth-order valence-corrected chi connectivity index (χ4v) is 4.33. The normalized spacial score (nSPS) is 16.7. The first kappa shape index (κ1) is 17.2. The zero-order chi connectivity index (χ0) is 17.8. The summed E-state index contributed by atoms with van der Waals surface area (Å²) in [6.45, 7) is 7.09. The van der Waals surface area contributed by atoms with E-state index in [1.54, 1.807) is 11.3 Å². The molecule has 7 heteroatoms. The summed E-state index contributed by atoms with van der Waals surface area (Å²) in [5, 5.41) is 14.7. The summed E-state index contributed by atoms with van der Waals surface area (Å²) < 4.78 is 1.96. The third-order valence-corrected chi connectivity index (χ3v) is 5.87. The number of hydrogen-bond acceptors (Lipinski definition) is 6. The van der Waals surface area contributed by atoms with Crippen LogP contribution in [-0.2, 0) is 6.54 Å². The van der Waals surface area contributed by atoms with Crippen LogP contribution in [0.1, 0.15) is 30.1 Å². The third kappa shape index (κ3) is 3.64. The van der Waals surface area contributed by atoms with Crippen LogP contribution in [-0.4, -0.2) is 51.3 Å². The van der Waals surface area contributed by atoms with Gasteiger partial charge in [0.1, 0.15) is 0 Å². The number of rotatable bonds is 6. The number of anilines is 1. The molecule has 0 unspecified atom stereocenters. The van der Waals surface area contributed by atoms with Gasteiger partial charge in [-0.1, -0.05) is 31.2 Å². The maximum absolute atomic E-state index is 4.37. The molecule has 6 nitrogen and oxygen atoms in total. The topological polar surface area (TPSA) is 50.1 Å². The number of aromatic nitrogens is 4. The van der Waals surface area contributed by atoms with E-state index in [9.17, 15) is 0 Å². The first-order valence-electron chi connectivity index (χ1n) is 9.17. The second-order valence-corrected chi connectivity index (χ2v) is 7.59. The predicted molar refractivity (Wildman–Crippen MR) is 104 cm³/mol. The standard InChI is InChI=1S/C19H24N6S/c1-2-18(19-20-21-22-25(19)15-17-9-6-14-26-17)24-12-10-23(11-13-24)16-7-4-3-5-8-16/h3-9,14,18H,2,10-13,15H2,1H3/t18-/m0/s1. The molecule has 136 valence electrons. The largest absolute Gasteiger partial charge is 0.369 e. The van der Waals surface area contributed by atoms with Gasteiger partial charge in [0, 0.05) is 36.7 Å². The molecule has 1 atom stereocenters. The van der Waals surface area contributed by atoms with Crippen molar-refractivity contribution in [3.8, 4) is 0 Å². The minimum Gasteiger partial charge on any atom is -0.369 e. The molecule has 0 bridgehead atoms. The summed E-state index contributed by atoms with van der Waals surface area (Å²) in [7, 11) is 0. The Morgan fingerprint density at radius 1 is 1.04 bits per heavy atom. The summed E-state index contributed by atoms with van der Waals surface area (Å²) in [6, 6.07) is 15.1. The Kier molecular flexibility index (Phi) is 5.26. The Balaban J connectivity index is 1.45. The number of hydrogen-bond donors (Lipinski definition) is 0. The predicted octanol–water partition coefficient (Wildman–Crippen LogP) is 3.06. The van der Waals surface area contributed by atoms with E-state index in [1.807, 2.05) is 4.68 Å². The smallest absolute Gasteiger partial charge is 0.168 e. The van der Waals surface area contributed by atoms with Gasteiger partial charge in [0.2, 0.25) is 0 Å². The van der Waals surface area contributed by atoms with Crippen LogP contribution in [0.25, 0.3) is 0 Å². The van der Waals surface area contributed by atoms with Crippen LogP contribution in [0, 0.1) is 0 Å². The van der Waals surface area contributed by atoms with E-state index in [1.165, 1.54) is 10.6 Å². The molecule has 0 aliphatic carbocycles. The number of thiophene rings is 1. The molecular formula is C19H24N6S. The number of tetrazole rings is 1. The third-order valence-electron chi connectivity index (χ3n) is 5.01. The molecule has 1 aliphatic heterocycles. The van der Waals surface area contributed by atoms with Crippen LogP contribution >= 0.6 is 11.3 Å². The van der Waals surface area contributed by atoms with E-state index < -0.39 is 0 Å². The van der Waals surface area contributed by atoms with Crippen LogP contribution in [0.15, 0.2) is 47.8 Å². The monoisotopic (exact) mass is 368 g/mol. The van der Waals surface area contributed by atoms with E-state index in [0.717, 1.165) is 45.0 Å². The average molecular weight is 369 g/mol. The van der Waals surface area contributed by atoms with Crippen molar-refractivity contribution in [1.82, 2.24) is 25.1 Å². The van der Waals surface area contributed by atoms with Crippen LogP contribution in [0.4, 0.5) is 5.69 Å². The minimum atomic E-state index is 0.267. The van der Waals surface area contributed by atoms with E-state index in [-0.39, 0.29) is 6.04 Å². The van der Waals surface area contributed by atoms with Crippen LogP contribution in [0.5, 0.6) is 0 Å². The van der Waals surface area contributed by atoms with Crippen molar-refractivity contribution in [2.75, 3.05) is 31.1 Å². The Hall–Kier alpha value is -2.25. The lowest BCUT2D eigenvalue weighted by Crippen LogP contribution is -2.48. The van der Waals surface area contributed by atoms with E-state index in [0.29, 0.717) is 0 Å². The number of piperazine rings is 1. The highest BCUT2D eigenvalue weighted by Gasteiger charge is 2.28. The van der Waals surface area contributed by atoms with Gasteiger partial charge in [0.25, 0.3) is 0 Å². The molecule has 4 rings (SSSR count). The van der Waals surface area contributed by atoms with Crippen molar-refractivity contribution in [3.63, 3.8) is 0 Å². The number of para-hydroxylation sites is 1. The molecule has 0 N–H and O–H groups in total. The van der Waals surface area contributed by atoms with Crippen LogP contribution < -0.4 is 4.90 Å². The van der Waals surface area contributed by atoms with Crippen molar-refractivity contribution in [2.24, 2.45) is 0 Å². The Morgan fingerprint density at radius 2 is 1.85 bits per heavy atom. The van der Waals surface area contributed by atoms with Crippen molar-refractivity contribution in [3.05, 3.63) is 58.5 Å². The molecule has 0 saturated carbocycles. The van der Waals surface area contributed by atoms with Gasteiger partial charge in [0.15, 0.2) is 5.82 Å². The fourth-order valence-electron chi connectivity index (χ4n) is 3.65. The maximum Gasteiger partial charge on any atom is 0.168 e. The van der Waals surface area contributed by atoms with Gasteiger partial charge in [-0.15, -0.1) is 16.4 Å². The summed E-state index contributed by atoms with van der Waals surface area (Å²) in [5.41, 5.74) is 1.31. The lowest BCUT2D eigenvalue weighted by atomic mass is 10.1. The highest BCUT2D eigenvalue weighted by Crippen LogP contribution is 2.25. The quantitative estimate of drug-likeness (QED) is 0.669. The average Bonchev–Trinajstić information content (AvgIpc) is 3.37. The SMILES string of the molecule is CC[C@@H](c1nnnn1Cc1cccs1)N1CCN(c2ccccc2)CC1.